The Morgan fingerprint density at radius 3 is 2.56 bits per heavy atom. The third kappa shape index (κ3) is 4.72. The Morgan fingerprint density at radius 2 is 1.96 bits per heavy atom. The fourth-order valence-electron chi connectivity index (χ4n) is 3.58. The van der Waals surface area contributed by atoms with Gasteiger partial charge in [-0.05, 0) is 19.8 Å². The third-order valence-electron chi connectivity index (χ3n) is 4.78. The first-order valence-electron chi connectivity index (χ1n) is 8.56. The topological polar surface area (TPSA) is 52.8 Å². The van der Waals surface area contributed by atoms with E-state index in [2.05, 4.69) is 10.1 Å². The minimum Gasteiger partial charge on any atom is -0.360 e. The van der Waals surface area contributed by atoms with Gasteiger partial charge in [0.25, 0.3) is 0 Å². The van der Waals surface area contributed by atoms with Gasteiger partial charge < -0.3 is 9.42 Å². The van der Waals surface area contributed by atoms with Gasteiger partial charge >= 0.3 is 6.18 Å². The van der Waals surface area contributed by atoms with Crippen molar-refractivity contribution in [2.24, 2.45) is 0 Å². The zero-order valence-electron chi connectivity index (χ0n) is 14.3. The zero-order chi connectivity index (χ0) is 18.0. The molecule has 0 unspecified atom stereocenters. The van der Waals surface area contributed by atoms with Crippen molar-refractivity contribution in [3.8, 4) is 0 Å². The smallest absolute Gasteiger partial charge is 0.360 e. The first-order chi connectivity index (χ1) is 11.8. The van der Waals surface area contributed by atoms with Gasteiger partial charge in [-0.15, -0.1) is 0 Å². The third-order valence-corrected chi connectivity index (χ3v) is 4.78. The maximum Gasteiger partial charge on any atom is 0.406 e. The number of aryl methyl sites for hydroxylation is 1. The summed E-state index contributed by atoms with van der Waals surface area (Å²) in [5.41, 5.74) is 0.839. The van der Waals surface area contributed by atoms with Crippen molar-refractivity contribution in [2.45, 2.75) is 38.5 Å². The maximum absolute atomic E-state index is 12.6. The van der Waals surface area contributed by atoms with Crippen LogP contribution in [0.25, 0.3) is 0 Å². The molecule has 1 aromatic heterocycles. The minimum absolute atomic E-state index is 0.194. The fraction of sp³-hybridized carbons (Fsp3) is 0.750. The van der Waals surface area contributed by atoms with Gasteiger partial charge in [0.15, 0.2) is 5.76 Å². The van der Waals surface area contributed by atoms with E-state index in [4.69, 9.17) is 4.52 Å². The van der Waals surface area contributed by atoms with E-state index in [-0.39, 0.29) is 12.5 Å². The number of carbonyl (C=O) groups is 1. The molecule has 3 rings (SSSR count). The molecule has 3 heterocycles. The number of hydrogen-bond donors (Lipinski definition) is 0. The van der Waals surface area contributed by atoms with E-state index in [1.165, 1.54) is 0 Å². The number of piperazine rings is 1. The molecule has 1 atom stereocenters. The Hall–Kier alpha value is -1.61. The van der Waals surface area contributed by atoms with Gasteiger partial charge in [0.1, 0.15) is 6.54 Å². The number of amides is 1. The first kappa shape index (κ1) is 18.2. The summed E-state index contributed by atoms with van der Waals surface area (Å²) in [6.07, 6.45) is -3.09. The van der Waals surface area contributed by atoms with Crippen LogP contribution in [0.3, 0.4) is 0 Å². The number of hydrogen-bond acceptors (Lipinski definition) is 5. The summed E-state index contributed by atoms with van der Waals surface area (Å²) in [5.74, 6) is 0.416. The van der Waals surface area contributed by atoms with E-state index in [9.17, 15) is 18.0 Å². The van der Waals surface area contributed by atoms with Crippen molar-refractivity contribution in [3.63, 3.8) is 0 Å². The Bertz CT molecular complexity index is 596. The lowest BCUT2D eigenvalue weighted by molar-refractivity contribution is -0.168. The van der Waals surface area contributed by atoms with E-state index >= 15 is 0 Å². The number of alkyl halides is 3. The predicted octanol–water partition coefficient (Wildman–Crippen LogP) is 1.65. The van der Waals surface area contributed by atoms with Gasteiger partial charge in [-0.3, -0.25) is 14.6 Å². The van der Waals surface area contributed by atoms with Crippen LogP contribution in [0.5, 0.6) is 0 Å². The number of rotatable bonds is 4. The summed E-state index contributed by atoms with van der Waals surface area (Å²) < 4.78 is 43.1. The van der Waals surface area contributed by atoms with Crippen LogP contribution < -0.4 is 0 Å². The van der Waals surface area contributed by atoms with Gasteiger partial charge in [0.2, 0.25) is 5.91 Å². The summed E-state index contributed by atoms with van der Waals surface area (Å²) in [5, 5.41) is 3.86. The standard InChI is InChI=1S/C16H23F3N4O2/c1-12-9-13(25-20-12)10-21-5-7-22(8-6-21)14-3-2-4-23(15(14)24)11-16(17,18)19/h9,14H,2-8,10-11H2,1H3/t14-/m0/s1. The molecule has 0 radical (unpaired) electrons. The largest absolute Gasteiger partial charge is 0.406 e. The van der Waals surface area contributed by atoms with E-state index in [0.717, 1.165) is 29.4 Å². The highest BCUT2D eigenvalue weighted by molar-refractivity contribution is 5.82. The van der Waals surface area contributed by atoms with Crippen molar-refractivity contribution in [3.05, 3.63) is 17.5 Å². The van der Waals surface area contributed by atoms with E-state index < -0.39 is 18.8 Å². The van der Waals surface area contributed by atoms with Crippen LogP contribution in [-0.2, 0) is 11.3 Å². The lowest BCUT2D eigenvalue weighted by Gasteiger charge is -2.42. The van der Waals surface area contributed by atoms with Crippen LogP contribution in [0.15, 0.2) is 10.6 Å². The second-order valence-corrected chi connectivity index (χ2v) is 6.78. The quantitative estimate of drug-likeness (QED) is 0.817. The molecule has 140 valence electrons. The van der Waals surface area contributed by atoms with E-state index in [1.807, 2.05) is 17.9 Å². The fourth-order valence-corrected chi connectivity index (χ4v) is 3.58. The van der Waals surface area contributed by atoms with E-state index in [0.29, 0.717) is 32.5 Å². The van der Waals surface area contributed by atoms with E-state index in [1.54, 1.807) is 0 Å². The SMILES string of the molecule is Cc1cc(CN2CCN([C@H]3CCCN(CC(F)(F)F)C3=O)CC2)on1. The van der Waals surface area contributed by atoms with Crippen LogP contribution >= 0.6 is 0 Å². The number of piperidine rings is 1. The Morgan fingerprint density at radius 1 is 1.24 bits per heavy atom. The number of carbonyl (C=O) groups excluding carboxylic acids is 1. The van der Waals surface area contributed by atoms with Crippen LogP contribution in [0, 0.1) is 6.92 Å². The van der Waals surface area contributed by atoms with Crippen LogP contribution in [0.2, 0.25) is 0 Å². The van der Waals surface area contributed by atoms with Crippen LogP contribution in [0.4, 0.5) is 13.2 Å². The van der Waals surface area contributed by atoms with Crippen molar-refractivity contribution in [2.75, 3.05) is 39.3 Å². The zero-order valence-corrected chi connectivity index (χ0v) is 14.3. The molecule has 25 heavy (non-hydrogen) atoms. The lowest BCUT2D eigenvalue weighted by atomic mass is 10.0. The van der Waals surface area contributed by atoms with Gasteiger partial charge in [0, 0.05) is 38.8 Å². The van der Waals surface area contributed by atoms with Crippen molar-refractivity contribution in [1.29, 1.82) is 0 Å². The van der Waals surface area contributed by atoms with Gasteiger partial charge in [-0.2, -0.15) is 13.2 Å². The maximum atomic E-state index is 12.6. The number of likely N-dealkylation sites (tertiary alicyclic amines) is 1. The van der Waals surface area contributed by atoms with Crippen molar-refractivity contribution in [1.82, 2.24) is 19.9 Å². The van der Waals surface area contributed by atoms with Crippen LogP contribution in [0.1, 0.15) is 24.3 Å². The highest BCUT2D eigenvalue weighted by Crippen LogP contribution is 2.24. The Labute approximate surface area is 144 Å². The second kappa shape index (κ2) is 7.33. The second-order valence-electron chi connectivity index (χ2n) is 6.78. The minimum atomic E-state index is -4.34. The summed E-state index contributed by atoms with van der Waals surface area (Å²) in [7, 11) is 0. The molecule has 2 aliphatic heterocycles. The monoisotopic (exact) mass is 360 g/mol. The molecule has 9 heteroatoms. The molecule has 1 aromatic rings. The molecule has 0 bridgehead atoms. The van der Waals surface area contributed by atoms with Gasteiger partial charge in [-0.1, -0.05) is 5.16 Å². The Kier molecular flexibility index (Phi) is 5.33. The number of nitrogens with zero attached hydrogens (tertiary/aromatic N) is 4. The summed E-state index contributed by atoms with van der Waals surface area (Å²) in [4.78, 5) is 17.6. The number of halogens is 3. The van der Waals surface area contributed by atoms with Crippen molar-refractivity contribution < 1.29 is 22.5 Å². The van der Waals surface area contributed by atoms with Gasteiger partial charge in [-0.25, -0.2) is 0 Å². The Balaban J connectivity index is 1.52. The van der Waals surface area contributed by atoms with Gasteiger partial charge in [0.05, 0.1) is 18.3 Å². The molecule has 0 aromatic carbocycles. The molecule has 0 saturated carbocycles. The molecular formula is C16H23F3N4O2. The molecular weight excluding hydrogens is 337 g/mol. The average molecular weight is 360 g/mol. The van der Waals surface area contributed by atoms with Crippen LogP contribution in [-0.4, -0.2) is 77.3 Å². The molecule has 0 N–H and O–H groups in total. The molecule has 0 spiro atoms. The molecule has 2 saturated heterocycles. The summed E-state index contributed by atoms with van der Waals surface area (Å²) in [6.45, 7) is 4.42. The molecule has 2 aliphatic rings. The summed E-state index contributed by atoms with van der Waals surface area (Å²) >= 11 is 0. The molecule has 6 nitrogen and oxygen atoms in total. The highest BCUT2D eigenvalue weighted by atomic mass is 19.4. The highest BCUT2D eigenvalue weighted by Gasteiger charge is 2.39. The molecule has 1 amide bonds. The number of aromatic nitrogens is 1. The summed E-state index contributed by atoms with van der Waals surface area (Å²) in [6, 6.07) is 1.47. The first-order valence-corrected chi connectivity index (χ1v) is 8.56. The van der Waals surface area contributed by atoms with Crippen molar-refractivity contribution >= 4 is 5.91 Å². The normalized spacial score (nSPS) is 24.1. The molecule has 2 fully saturated rings. The molecule has 0 aliphatic carbocycles. The average Bonchev–Trinajstić information content (AvgIpc) is 2.94. The predicted molar refractivity (Wildman–Crippen MR) is 83.7 cm³/mol. The lowest BCUT2D eigenvalue weighted by Crippen LogP contribution is -2.58.